The number of nitrogens with one attached hydrogen (secondary N) is 1. The number of amides is 1. The van der Waals surface area contributed by atoms with Crippen molar-refractivity contribution in [2.75, 3.05) is 21.3 Å². The Morgan fingerprint density at radius 3 is 2.32 bits per heavy atom. The minimum absolute atomic E-state index is 0.109. The third-order valence-corrected chi connectivity index (χ3v) is 4.17. The van der Waals surface area contributed by atoms with Crippen LogP contribution >= 0.6 is 0 Å². The van der Waals surface area contributed by atoms with Gasteiger partial charge in [0, 0.05) is 12.1 Å². The maximum absolute atomic E-state index is 12.3. The number of nitrogens with two attached hydrogens (primary N) is 1. The highest BCUT2D eigenvalue weighted by Gasteiger charge is 2.36. The lowest BCUT2D eigenvalue weighted by Crippen LogP contribution is -2.51. The maximum atomic E-state index is 12.3. The van der Waals surface area contributed by atoms with Gasteiger partial charge in [-0.1, -0.05) is 12.8 Å². The highest BCUT2D eigenvalue weighted by atomic mass is 16.5. The first kappa shape index (κ1) is 16.4. The first-order valence-electron chi connectivity index (χ1n) is 7.40. The van der Waals surface area contributed by atoms with Crippen molar-refractivity contribution in [2.24, 2.45) is 5.73 Å². The first-order chi connectivity index (χ1) is 10.6. The third-order valence-electron chi connectivity index (χ3n) is 4.17. The maximum Gasteiger partial charge on any atom is 0.240 e. The van der Waals surface area contributed by atoms with E-state index >= 15 is 0 Å². The molecule has 0 saturated heterocycles. The lowest BCUT2D eigenvalue weighted by atomic mass is 9.98. The largest absolute Gasteiger partial charge is 0.493 e. The van der Waals surface area contributed by atoms with E-state index < -0.39 is 5.54 Å². The molecule has 0 heterocycles. The van der Waals surface area contributed by atoms with Crippen molar-refractivity contribution in [2.45, 2.75) is 37.8 Å². The van der Waals surface area contributed by atoms with E-state index in [1.54, 1.807) is 27.4 Å². The normalized spacial score (nSPS) is 16.2. The molecule has 1 aliphatic carbocycles. The summed E-state index contributed by atoms with van der Waals surface area (Å²) in [6, 6.07) is 3.63. The van der Waals surface area contributed by atoms with E-state index in [-0.39, 0.29) is 5.91 Å². The number of methoxy groups -OCH3 is 3. The molecule has 6 heteroatoms. The van der Waals surface area contributed by atoms with Crippen LogP contribution in [0.3, 0.4) is 0 Å². The summed E-state index contributed by atoms with van der Waals surface area (Å²) in [5, 5.41) is 2.90. The molecule has 0 aromatic heterocycles. The lowest BCUT2D eigenvalue weighted by molar-refractivity contribution is -0.126. The molecule has 1 fully saturated rings. The molecule has 1 amide bonds. The van der Waals surface area contributed by atoms with E-state index in [4.69, 9.17) is 19.9 Å². The van der Waals surface area contributed by atoms with Crippen LogP contribution in [0.5, 0.6) is 17.2 Å². The number of hydrogen-bond acceptors (Lipinski definition) is 5. The summed E-state index contributed by atoms with van der Waals surface area (Å²) >= 11 is 0. The minimum Gasteiger partial charge on any atom is -0.493 e. The van der Waals surface area contributed by atoms with Crippen molar-refractivity contribution in [3.8, 4) is 17.2 Å². The highest BCUT2D eigenvalue weighted by Crippen LogP contribution is 2.39. The standard InChI is InChI=1S/C16H24N2O4/c1-20-12-7-6-11(13(21-2)14(12)22-3)10-18-15(19)16(17)8-4-5-9-16/h6-7H,4-5,8-10,17H2,1-3H3,(H,18,19). The molecule has 2 rings (SSSR count). The van der Waals surface area contributed by atoms with Gasteiger partial charge in [-0.05, 0) is 25.0 Å². The molecule has 0 bridgehead atoms. The number of benzene rings is 1. The van der Waals surface area contributed by atoms with Crippen molar-refractivity contribution >= 4 is 5.91 Å². The van der Waals surface area contributed by atoms with E-state index in [9.17, 15) is 4.79 Å². The van der Waals surface area contributed by atoms with Gasteiger partial charge in [-0.15, -0.1) is 0 Å². The van der Waals surface area contributed by atoms with Crippen LogP contribution < -0.4 is 25.3 Å². The topological polar surface area (TPSA) is 82.8 Å². The molecule has 3 N–H and O–H groups in total. The van der Waals surface area contributed by atoms with Crippen LogP contribution in [0.1, 0.15) is 31.2 Å². The minimum atomic E-state index is -0.732. The lowest BCUT2D eigenvalue weighted by Gasteiger charge is -2.23. The van der Waals surface area contributed by atoms with Gasteiger partial charge in [-0.2, -0.15) is 0 Å². The van der Waals surface area contributed by atoms with Crippen molar-refractivity contribution in [3.05, 3.63) is 17.7 Å². The van der Waals surface area contributed by atoms with E-state index in [1.165, 1.54) is 0 Å². The molecular formula is C16H24N2O4. The van der Waals surface area contributed by atoms with E-state index in [1.807, 2.05) is 6.07 Å². The summed E-state index contributed by atoms with van der Waals surface area (Å²) < 4.78 is 16.0. The predicted molar refractivity (Wildman–Crippen MR) is 83.3 cm³/mol. The molecule has 0 spiro atoms. The predicted octanol–water partition coefficient (Wildman–Crippen LogP) is 1.60. The zero-order chi connectivity index (χ0) is 16.2. The van der Waals surface area contributed by atoms with Crippen LogP contribution in [0.15, 0.2) is 12.1 Å². The van der Waals surface area contributed by atoms with Gasteiger partial charge in [0.1, 0.15) is 0 Å². The van der Waals surface area contributed by atoms with E-state index in [0.29, 0.717) is 23.8 Å². The number of hydrogen-bond donors (Lipinski definition) is 2. The van der Waals surface area contributed by atoms with Crippen molar-refractivity contribution < 1.29 is 19.0 Å². The second kappa shape index (κ2) is 6.87. The molecule has 122 valence electrons. The number of carbonyl (C=O) groups excluding carboxylic acids is 1. The Labute approximate surface area is 130 Å². The van der Waals surface area contributed by atoms with Gasteiger partial charge in [-0.25, -0.2) is 0 Å². The molecule has 6 nitrogen and oxygen atoms in total. The summed E-state index contributed by atoms with van der Waals surface area (Å²) in [5.41, 5.74) is 6.23. The Kier molecular flexibility index (Phi) is 5.13. The zero-order valence-electron chi connectivity index (χ0n) is 13.4. The third kappa shape index (κ3) is 3.11. The van der Waals surface area contributed by atoms with Crippen molar-refractivity contribution in [1.82, 2.24) is 5.32 Å². The van der Waals surface area contributed by atoms with E-state index in [0.717, 1.165) is 31.2 Å². The number of carbonyl (C=O) groups is 1. The van der Waals surface area contributed by atoms with Gasteiger partial charge in [0.15, 0.2) is 11.5 Å². The average molecular weight is 308 g/mol. The van der Waals surface area contributed by atoms with Gasteiger partial charge in [0.05, 0.1) is 26.9 Å². The van der Waals surface area contributed by atoms with Crippen LogP contribution in [0.25, 0.3) is 0 Å². The van der Waals surface area contributed by atoms with Crippen LogP contribution in [0, 0.1) is 0 Å². The fourth-order valence-corrected chi connectivity index (χ4v) is 2.89. The summed E-state index contributed by atoms with van der Waals surface area (Å²) in [6.07, 6.45) is 3.48. The Morgan fingerprint density at radius 2 is 1.77 bits per heavy atom. The molecule has 0 atom stereocenters. The highest BCUT2D eigenvalue weighted by molar-refractivity contribution is 5.86. The zero-order valence-corrected chi connectivity index (χ0v) is 13.4. The van der Waals surface area contributed by atoms with Gasteiger partial charge in [0.25, 0.3) is 0 Å². The molecule has 0 aliphatic heterocycles. The Balaban J connectivity index is 2.14. The fraction of sp³-hybridized carbons (Fsp3) is 0.562. The smallest absolute Gasteiger partial charge is 0.240 e. The molecule has 0 unspecified atom stereocenters. The van der Waals surface area contributed by atoms with Crippen molar-refractivity contribution in [1.29, 1.82) is 0 Å². The van der Waals surface area contributed by atoms with Crippen LogP contribution in [0.4, 0.5) is 0 Å². The molecule has 1 aromatic carbocycles. The number of rotatable bonds is 6. The second-order valence-corrected chi connectivity index (χ2v) is 5.54. The Hall–Kier alpha value is -1.95. The second-order valence-electron chi connectivity index (χ2n) is 5.54. The molecular weight excluding hydrogens is 284 g/mol. The quantitative estimate of drug-likeness (QED) is 0.834. The van der Waals surface area contributed by atoms with Gasteiger partial charge in [0.2, 0.25) is 11.7 Å². The van der Waals surface area contributed by atoms with Crippen molar-refractivity contribution in [3.63, 3.8) is 0 Å². The van der Waals surface area contributed by atoms with Crippen LogP contribution in [0.2, 0.25) is 0 Å². The summed E-state index contributed by atoms with van der Waals surface area (Å²) in [4.78, 5) is 12.3. The average Bonchev–Trinajstić information content (AvgIpc) is 2.99. The first-order valence-corrected chi connectivity index (χ1v) is 7.40. The molecule has 1 aromatic rings. The Morgan fingerprint density at radius 1 is 1.14 bits per heavy atom. The molecule has 1 saturated carbocycles. The monoisotopic (exact) mass is 308 g/mol. The van der Waals surface area contributed by atoms with Gasteiger partial charge >= 0.3 is 0 Å². The van der Waals surface area contributed by atoms with Gasteiger partial charge < -0.3 is 25.3 Å². The Bertz CT molecular complexity index is 539. The molecule has 1 aliphatic rings. The summed E-state index contributed by atoms with van der Waals surface area (Å²) in [5.74, 6) is 1.54. The SMILES string of the molecule is COc1ccc(CNC(=O)C2(N)CCCC2)c(OC)c1OC. The molecule has 22 heavy (non-hydrogen) atoms. The van der Waals surface area contributed by atoms with E-state index in [2.05, 4.69) is 5.32 Å². The number of ether oxygens (including phenoxy) is 3. The molecule has 0 radical (unpaired) electrons. The fourth-order valence-electron chi connectivity index (χ4n) is 2.89. The summed E-state index contributed by atoms with van der Waals surface area (Å²) in [6.45, 7) is 0.335. The van der Waals surface area contributed by atoms with Gasteiger partial charge in [-0.3, -0.25) is 4.79 Å². The van der Waals surface area contributed by atoms with Crippen LogP contribution in [-0.2, 0) is 11.3 Å². The summed E-state index contributed by atoms with van der Waals surface area (Å²) in [7, 11) is 4.68. The van der Waals surface area contributed by atoms with Crippen LogP contribution in [-0.4, -0.2) is 32.8 Å².